The summed E-state index contributed by atoms with van der Waals surface area (Å²) in [5, 5.41) is 8.94. The van der Waals surface area contributed by atoms with E-state index in [0.29, 0.717) is 5.57 Å². The van der Waals surface area contributed by atoms with Gasteiger partial charge in [0.2, 0.25) is 0 Å². The molecule has 2 nitrogen and oxygen atoms in total. The van der Waals surface area contributed by atoms with Gasteiger partial charge >= 0.3 is 5.97 Å². The van der Waals surface area contributed by atoms with Gasteiger partial charge in [-0.1, -0.05) is 36.8 Å². The number of carboxylic acid groups (broad SMARTS) is 1. The summed E-state index contributed by atoms with van der Waals surface area (Å²) in [5.41, 5.74) is 3.52. The monoisotopic (exact) mass is 204 g/mol. The number of aliphatic carboxylic acids is 1. The van der Waals surface area contributed by atoms with Crippen LogP contribution < -0.4 is 0 Å². The second-order valence-electron chi connectivity index (χ2n) is 3.63. The average molecular weight is 204 g/mol. The number of rotatable bonds is 3. The van der Waals surface area contributed by atoms with E-state index >= 15 is 0 Å². The SMILES string of the molecule is CC/C(=C(/C)C(=O)O)c1ccc(C)cc1. The quantitative estimate of drug-likeness (QED) is 0.767. The number of allylic oxidation sites excluding steroid dienone is 1. The minimum absolute atomic E-state index is 0.432. The molecule has 0 radical (unpaired) electrons. The smallest absolute Gasteiger partial charge is 0.331 e. The van der Waals surface area contributed by atoms with Gasteiger partial charge in [-0.2, -0.15) is 0 Å². The summed E-state index contributed by atoms with van der Waals surface area (Å²) >= 11 is 0. The van der Waals surface area contributed by atoms with Crippen molar-refractivity contribution in [1.29, 1.82) is 0 Å². The average Bonchev–Trinajstić information content (AvgIpc) is 2.21. The molecule has 0 atom stereocenters. The Kier molecular flexibility index (Phi) is 3.67. The van der Waals surface area contributed by atoms with E-state index in [4.69, 9.17) is 5.11 Å². The maximum absolute atomic E-state index is 10.9. The van der Waals surface area contributed by atoms with Gasteiger partial charge in [0.25, 0.3) is 0 Å². The first-order valence-corrected chi connectivity index (χ1v) is 5.06. The van der Waals surface area contributed by atoms with Gasteiger partial charge in [0.05, 0.1) is 0 Å². The van der Waals surface area contributed by atoms with E-state index in [9.17, 15) is 4.79 Å². The molecule has 15 heavy (non-hydrogen) atoms. The molecule has 1 aromatic rings. The van der Waals surface area contributed by atoms with Crippen LogP contribution in [0.3, 0.4) is 0 Å². The van der Waals surface area contributed by atoms with Crippen molar-refractivity contribution < 1.29 is 9.90 Å². The molecule has 1 N–H and O–H groups in total. The van der Waals surface area contributed by atoms with Crippen molar-refractivity contribution in [1.82, 2.24) is 0 Å². The molecule has 0 heterocycles. The van der Waals surface area contributed by atoms with Crippen LogP contribution in [0.25, 0.3) is 5.57 Å². The zero-order valence-electron chi connectivity index (χ0n) is 9.37. The lowest BCUT2D eigenvalue weighted by Gasteiger charge is -2.08. The molecule has 1 rings (SSSR count). The molecular weight excluding hydrogens is 188 g/mol. The third-order valence-corrected chi connectivity index (χ3v) is 2.53. The molecule has 0 aliphatic rings. The lowest BCUT2D eigenvalue weighted by Crippen LogP contribution is -2.00. The van der Waals surface area contributed by atoms with Crippen LogP contribution in [0.5, 0.6) is 0 Å². The van der Waals surface area contributed by atoms with Crippen molar-refractivity contribution in [3.05, 3.63) is 41.0 Å². The van der Waals surface area contributed by atoms with Crippen molar-refractivity contribution in [2.75, 3.05) is 0 Å². The zero-order chi connectivity index (χ0) is 11.4. The van der Waals surface area contributed by atoms with Crippen LogP contribution in [0.4, 0.5) is 0 Å². The molecule has 0 spiro atoms. The second kappa shape index (κ2) is 4.78. The minimum Gasteiger partial charge on any atom is -0.478 e. The number of carboxylic acids is 1. The fraction of sp³-hybridized carbons (Fsp3) is 0.308. The summed E-state index contributed by atoms with van der Waals surface area (Å²) in [6, 6.07) is 7.95. The van der Waals surface area contributed by atoms with Crippen molar-refractivity contribution in [3.8, 4) is 0 Å². The van der Waals surface area contributed by atoms with Crippen molar-refractivity contribution in [3.63, 3.8) is 0 Å². The van der Waals surface area contributed by atoms with Gasteiger partial charge in [0.1, 0.15) is 0 Å². The summed E-state index contributed by atoms with van der Waals surface area (Å²) in [6.07, 6.45) is 0.737. The third kappa shape index (κ3) is 2.69. The van der Waals surface area contributed by atoms with Gasteiger partial charge in [-0.05, 0) is 31.4 Å². The van der Waals surface area contributed by atoms with Crippen molar-refractivity contribution >= 4 is 11.5 Å². The number of aryl methyl sites for hydroxylation is 1. The predicted molar refractivity (Wildman–Crippen MR) is 61.7 cm³/mol. The van der Waals surface area contributed by atoms with Gasteiger partial charge in [0, 0.05) is 5.57 Å². The Morgan fingerprint density at radius 3 is 2.20 bits per heavy atom. The van der Waals surface area contributed by atoms with Gasteiger partial charge < -0.3 is 5.11 Å². The molecule has 0 fully saturated rings. The number of carbonyl (C=O) groups is 1. The maximum atomic E-state index is 10.9. The second-order valence-corrected chi connectivity index (χ2v) is 3.63. The van der Waals surface area contributed by atoms with E-state index in [1.165, 1.54) is 5.56 Å². The molecule has 80 valence electrons. The number of hydrogen-bond donors (Lipinski definition) is 1. The highest BCUT2D eigenvalue weighted by molar-refractivity contribution is 5.95. The van der Waals surface area contributed by atoms with Crippen LogP contribution in [-0.4, -0.2) is 11.1 Å². The Balaban J connectivity index is 3.19. The lowest BCUT2D eigenvalue weighted by molar-refractivity contribution is -0.132. The summed E-state index contributed by atoms with van der Waals surface area (Å²) in [7, 11) is 0. The number of hydrogen-bond acceptors (Lipinski definition) is 1. The van der Waals surface area contributed by atoms with Gasteiger partial charge in [-0.3, -0.25) is 0 Å². The van der Waals surface area contributed by atoms with Crippen LogP contribution in [0.15, 0.2) is 29.8 Å². The molecule has 2 heteroatoms. The Morgan fingerprint density at radius 2 is 1.80 bits per heavy atom. The summed E-state index contributed by atoms with van der Waals surface area (Å²) in [6.45, 7) is 5.64. The Bertz CT molecular complexity index is 386. The maximum Gasteiger partial charge on any atom is 0.331 e. The Labute approximate surface area is 90.3 Å². The normalized spacial score (nSPS) is 12.2. The van der Waals surface area contributed by atoms with Gasteiger partial charge in [-0.15, -0.1) is 0 Å². The zero-order valence-corrected chi connectivity index (χ0v) is 9.37. The fourth-order valence-electron chi connectivity index (χ4n) is 1.57. The summed E-state index contributed by atoms with van der Waals surface area (Å²) in [5.74, 6) is -0.840. The Morgan fingerprint density at radius 1 is 1.27 bits per heavy atom. The lowest BCUT2D eigenvalue weighted by atomic mass is 9.97. The molecule has 0 aliphatic carbocycles. The molecular formula is C13H16O2. The van der Waals surface area contributed by atoms with Crippen molar-refractivity contribution in [2.24, 2.45) is 0 Å². The molecule has 1 aromatic carbocycles. The molecule has 0 saturated heterocycles. The summed E-state index contributed by atoms with van der Waals surface area (Å²) in [4.78, 5) is 10.9. The minimum atomic E-state index is -0.840. The van der Waals surface area contributed by atoms with E-state index in [1.807, 2.05) is 38.1 Å². The van der Waals surface area contributed by atoms with Crippen molar-refractivity contribution in [2.45, 2.75) is 27.2 Å². The molecule has 0 amide bonds. The van der Waals surface area contributed by atoms with Crippen LogP contribution in [0.1, 0.15) is 31.4 Å². The molecule has 0 bridgehead atoms. The van der Waals surface area contributed by atoms with E-state index < -0.39 is 5.97 Å². The highest BCUT2D eigenvalue weighted by Crippen LogP contribution is 2.22. The van der Waals surface area contributed by atoms with Crippen LogP contribution in [-0.2, 0) is 4.79 Å². The molecule has 0 saturated carbocycles. The predicted octanol–water partition coefficient (Wildman–Crippen LogP) is 3.26. The first kappa shape index (κ1) is 11.5. The molecule has 0 unspecified atom stereocenters. The highest BCUT2D eigenvalue weighted by Gasteiger charge is 2.09. The van der Waals surface area contributed by atoms with Crippen LogP contribution >= 0.6 is 0 Å². The first-order valence-electron chi connectivity index (χ1n) is 5.06. The Hall–Kier alpha value is -1.57. The van der Waals surface area contributed by atoms with E-state index in [0.717, 1.165) is 17.6 Å². The fourth-order valence-corrected chi connectivity index (χ4v) is 1.57. The molecule has 0 aromatic heterocycles. The highest BCUT2D eigenvalue weighted by atomic mass is 16.4. The topological polar surface area (TPSA) is 37.3 Å². The summed E-state index contributed by atoms with van der Waals surface area (Å²) < 4.78 is 0. The third-order valence-electron chi connectivity index (χ3n) is 2.53. The standard InChI is InChI=1S/C13H16O2/c1-4-12(10(3)13(14)15)11-7-5-9(2)6-8-11/h5-8H,4H2,1-3H3,(H,14,15)/b12-10+. The van der Waals surface area contributed by atoms with E-state index in [-0.39, 0.29) is 0 Å². The van der Waals surface area contributed by atoms with Crippen LogP contribution in [0.2, 0.25) is 0 Å². The van der Waals surface area contributed by atoms with Crippen LogP contribution in [0, 0.1) is 6.92 Å². The van der Waals surface area contributed by atoms with E-state index in [1.54, 1.807) is 6.92 Å². The van der Waals surface area contributed by atoms with Gasteiger partial charge in [-0.25, -0.2) is 4.79 Å². The molecule has 0 aliphatic heterocycles. The van der Waals surface area contributed by atoms with E-state index in [2.05, 4.69) is 0 Å². The first-order chi connectivity index (χ1) is 7.06. The largest absolute Gasteiger partial charge is 0.478 e. The number of benzene rings is 1. The van der Waals surface area contributed by atoms with Gasteiger partial charge in [0.15, 0.2) is 0 Å².